The molecule has 1 N–H and O–H groups in total. The molecule has 2 aliphatic rings. The number of rotatable bonds is 8. The second kappa shape index (κ2) is 12.0. The number of imidazole rings is 1. The van der Waals surface area contributed by atoms with Crippen LogP contribution in [0.15, 0.2) is 48.5 Å². The summed E-state index contributed by atoms with van der Waals surface area (Å²) in [5.74, 6) is 1.40. The van der Waals surface area contributed by atoms with E-state index in [2.05, 4.69) is 10.2 Å². The van der Waals surface area contributed by atoms with E-state index in [0.29, 0.717) is 29.2 Å². The first-order valence-electron chi connectivity index (χ1n) is 14.3. The summed E-state index contributed by atoms with van der Waals surface area (Å²) >= 11 is 0. The molecule has 0 aliphatic heterocycles. The molecule has 2 aliphatic carbocycles. The molecule has 2 fully saturated rings. The maximum absolute atomic E-state index is 14.1. The molecule has 2 saturated carbocycles. The van der Waals surface area contributed by atoms with Crippen molar-refractivity contribution in [1.82, 2.24) is 19.8 Å². The number of hydrogen-bond donors (Lipinski definition) is 1. The van der Waals surface area contributed by atoms with E-state index < -0.39 is 0 Å². The summed E-state index contributed by atoms with van der Waals surface area (Å²) in [6.45, 7) is 2.18. The molecule has 1 unspecified atom stereocenters. The van der Waals surface area contributed by atoms with Crippen LogP contribution in [0.3, 0.4) is 0 Å². The highest BCUT2D eigenvalue weighted by molar-refractivity contribution is 5.94. The normalized spacial score (nSPS) is 17.7. The molecule has 1 aromatic heterocycles. The Balaban J connectivity index is 1.41. The van der Waals surface area contributed by atoms with Crippen molar-refractivity contribution in [2.24, 2.45) is 0 Å². The van der Waals surface area contributed by atoms with Gasteiger partial charge in [-0.25, -0.2) is 4.98 Å². The molecule has 2 amide bonds. The van der Waals surface area contributed by atoms with E-state index in [9.17, 15) is 9.59 Å². The van der Waals surface area contributed by atoms with Gasteiger partial charge in [0.25, 0.3) is 5.91 Å². The van der Waals surface area contributed by atoms with Crippen molar-refractivity contribution in [2.45, 2.75) is 95.8 Å². The summed E-state index contributed by atoms with van der Waals surface area (Å²) in [5.41, 5.74) is 2.31. The monoisotopic (exact) mass is 516 g/mol. The Morgan fingerprint density at radius 2 is 1.55 bits per heavy atom. The first-order valence-corrected chi connectivity index (χ1v) is 14.3. The van der Waals surface area contributed by atoms with Crippen LogP contribution in [0.2, 0.25) is 0 Å². The van der Waals surface area contributed by atoms with Gasteiger partial charge in [0.05, 0.1) is 24.2 Å². The lowest BCUT2D eigenvalue weighted by molar-refractivity contribution is -0.138. The maximum atomic E-state index is 14.1. The van der Waals surface area contributed by atoms with Crippen molar-refractivity contribution in [3.63, 3.8) is 0 Å². The Hall–Kier alpha value is -3.35. The Morgan fingerprint density at radius 3 is 2.16 bits per heavy atom. The molecule has 1 heterocycles. The van der Waals surface area contributed by atoms with Crippen LogP contribution in [0.5, 0.6) is 5.75 Å². The molecular weight excluding hydrogens is 476 g/mol. The van der Waals surface area contributed by atoms with E-state index in [1.54, 1.807) is 31.4 Å². The van der Waals surface area contributed by atoms with Gasteiger partial charge < -0.3 is 19.5 Å². The molecule has 7 heteroatoms. The van der Waals surface area contributed by atoms with Crippen molar-refractivity contribution < 1.29 is 14.3 Å². The molecule has 0 bridgehead atoms. The minimum Gasteiger partial charge on any atom is -0.497 e. The van der Waals surface area contributed by atoms with Crippen LogP contribution in [0.1, 0.15) is 93.4 Å². The third-order valence-electron chi connectivity index (χ3n) is 8.29. The third-order valence-corrected chi connectivity index (χ3v) is 8.29. The predicted molar refractivity (Wildman–Crippen MR) is 149 cm³/mol. The molecule has 0 radical (unpaired) electrons. The number of hydrogen-bond acceptors (Lipinski definition) is 4. The lowest BCUT2D eigenvalue weighted by Crippen LogP contribution is -2.50. The fraction of sp³-hybridized carbons (Fsp3) is 0.516. The number of nitrogens with one attached hydrogen (secondary N) is 1. The summed E-state index contributed by atoms with van der Waals surface area (Å²) < 4.78 is 7.23. The van der Waals surface area contributed by atoms with Crippen molar-refractivity contribution in [2.75, 3.05) is 7.11 Å². The summed E-state index contributed by atoms with van der Waals surface area (Å²) in [6.07, 6.45) is 11.8. The van der Waals surface area contributed by atoms with E-state index in [4.69, 9.17) is 9.72 Å². The second-order valence-corrected chi connectivity index (χ2v) is 10.9. The Bertz CT molecular complexity index is 1220. The molecule has 5 rings (SSSR count). The Morgan fingerprint density at radius 1 is 0.947 bits per heavy atom. The lowest BCUT2D eigenvalue weighted by Gasteiger charge is -2.42. The number of carbonyl (C=O) groups excluding carboxylic acids is 2. The zero-order chi connectivity index (χ0) is 26.5. The van der Waals surface area contributed by atoms with Gasteiger partial charge in [-0.3, -0.25) is 9.59 Å². The third kappa shape index (κ3) is 5.71. The number of ether oxygens (including phenoxy) is 1. The quantitative estimate of drug-likeness (QED) is 0.397. The summed E-state index contributed by atoms with van der Waals surface area (Å²) in [4.78, 5) is 34.3. The standard InChI is InChI=1S/C31H40N4O3/c1-22(32-31(37)23-17-19-26(38-2)20-18-23)30-33-27-15-9-10-16-28(27)34(30)21-29(36)35(24-11-5-3-6-12-24)25-13-7-4-8-14-25/h9-10,15-20,22,24-25H,3-8,11-14,21H2,1-2H3,(H,32,37). The van der Waals surface area contributed by atoms with Gasteiger partial charge in [0.2, 0.25) is 5.91 Å². The largest absolute Gasteiger partial charge is 0.497 e. The molecule has 0 saturated heterocycles. The Labute approximate surface area is 225 Å². The zero-order valence-electron chi connectivity index (χ0n) is 22.7. The van der Waals surface area contributed by atoms with Crippen molar-refractivity contribution in [3.8, 4) is 5.75 Å². The van der Waals surface area contributed by atoms with Gasteiger partial charge >= 0.3 is 0 Å². The summed E-state index contributed by atoms with van der Waals surface area (Å²) in [5, 5.41) is 3.09. The van der Waals surface area contributed by atoms with Gasteiger partial charge in [-0.2, -0.15) is 0 Å². The van der Waals surface area contributed by atoms with Crippen molar-refractivity contribution in [1.29, 1.82) is 0 Å². The number of aromatic nitrogens is 2. The smallest absolute Gasteiger partial charge is 0.251 e. The fourth-order valence-electron chi connectivity index (χ4n) is 6.32. The van der Waals surface area contributed by atoms with E-state index in [0.717, 1.165) is 36.7 Å². The second-order valence-electron chi connectivity index (χ2n) is 10.9. The van der Waals surface area contributed by atoms with Gasteiger partial charge in [-0.05, 0) is 69.0 Å². The van der Waals surface area contributed by atoms with Crippen LogP contribution in [-0.2, 0) is 11.3 Å². The van der Waals surface area contributed by atoms with Crippen LogP contribution >= 0.6 is 0 Å². The minimum atomic E-state index is -0.373. The van der Waals surface area contributed by atoms with Crippen LogP contribution in [0.4, 0.5) is 0 Å². The van der Waals surface area contributed by atoms with Gasteiger partial charge in [0.1, 0.15) is 18.1 Å². The molecule has 1 atom stereocenters. The maximum Gasteiger partial charge on any atom is 0.251 e. The number of carbonyl (C=O) groups is 2. The average Bonchev–Trinajstić information content (AvgIpc) is 3.32. The zero-order valence-corrected chi connectivity index (χ0v) is 22.7. The van der Waals surface area contributed by atoms with Gasteiger partial charge in [-0.1, -0.05) is 50.7 Å². The highest BCUT2D eigenvalue weighted by Gasteiger charge is 2.33. The van der Waals surface area contributed by atoms with Crippen LogP contribution in [-0.4, -0.2) is 45.5 Å². The van der Waals surface area contributed by atoms with Crippen LogP contribution in [0, 0.1) is 0 Å². The SMILES string of the molecule is COc1ccc(C(=O)NC(C)c2nc3ccccc3n2CC(=O)N(C2CCCCC2)C2CCCCC2)cc1. The number of nitrogens with zero attached hydrogens (tertiary/aromatic N) is 3. The van der Waals surface area contributed by atoms with Gasteiger partial charge in [-0.15, -0.1) is 0 Å². The lowest BCUT2D eigenvalue weighted by atomic mass is 9.88. The summed E-state index contributed by atoms with van der Waals surface area (Å²) in [7, 11) is 1.60. The molecule has 0 spiro atoms. The first kappa shape index (κ1) is 26.3. The highest BCUT2D eigenvalue weighted by atomic mass is 16.5. The average molecular weight is 517 g/mol. The molecule has 38 heavy (non-hydrogen) atoms. The first-order chi connectivity index (χ1) is 18.5. The van der Waals surface area contributed by atoms with Crippen molar-refractivity contribution in [3.05, 3.63) is 59.9 Å². The molecule has 2 aromatic carbocycles. The van der Waals surface area contributed by atoms with E-state index in [1.165, 1.54) is 38.5 Å². The topological polar surface area (TPSA) is 76.5 Å². The highest BCUT2D eigenvalue weighted by Crippen LogP contribution is 2.31. The van der Waals surface area contributed by atoms with E-state index >= 15 is 0 Å². The number of amides is 2. The molecule has 7 nitrogen and oxygen atoms in total. The van der Waals surface area contributed by atoms with Crippen LogP contribution in [0.25, 0.3) is 11.0 Å². The number of benzene rings is 2. The molecule has 202 valence electrons. The number of methoxy groups -OCH3 is 1. The van der Waals surface area contributed by atoms with Crippen molar-refractivity contribution >= 4 is 22.8 Å². The van der Waals surface area contributed by atoms with Crippen LogP contribution < -0.4 is 10.1 Å². The Kier molecular flexibility index (Phi) is 8.30. The number of fused-ring (bicyclic) bond motifs is 1. The van der Waals surface area contributed by atoms with Gasteiger partial charge in [0.15, 0.2) is 0 Å². The summed E-state index contributed by atoms with van der Waals surface area (Å²) in [6, 6.07) is 15.3. The fourth-order valence-corrected chi connectivity index (χ4v) is 6.32. The predicted octanol–water partition coefficient (Wildman–Crippen LogP) is 6.03. The van der Waals surface area contributed by atoms with E-state index in [1.807, 2.05) is 35.8 Å². The minimum absolute atomic E-state index is 0.182. The van der Waals surface area contributed by atoms with Gasteiger partial charge in [0, 0.05) is 17.6 Å². The number of para-hydroxylation sites is 2. The molecular formula is C31H40N4O3. The molecule has 3 aromatic rings. The van der Waals surface area contributed by atoms with E-state index in [-0.39, 0.29) is 24.4 Å².